The number of carbonyl (C=O) groups is 1. The summed E-state index contributed by atoms with van der Waals surface area (Å²) in [6.45, 7) is 3.79. The summed E-state index contributed by atoms with van der Waals surface area (Å²) < 4.78 is 4.94. The molecule has 0 fully saturated rings. The molecule has 0 aromatic heterocycles. The fraction of sp³-hybridized carbons (Fsp3) is 0.364. The smallest absolute Gasteiger partial charge is 0.128 e. The molecule has 1 aromatic carbocycles. The quantitative estimate of drug-likeness (QED) is 0.715. The lowest BCUT2D eigenvalue weighted by Gasteiger charge is -2.08. The van der Waals surface area contributed by atoms with E-state index in [2.05, 4.69) is 13.8 Å². The molecule has 0 bridgehead atoms. The fourth-order valence-corrected chi connectivity index (χ4v) is 1.09. The van der Waals surface area contributed by atoms with Crippen LogP contribution in [0.3, 0.4) is 0 Å². The molecule has 0 spiro atoms. The number of rotatable bonds is 4. The van der Waals surface area contributed by atoms with Gasteiger partial charge in [0.05, 0.1) is 5.97 Å². The van der Waals surface area contributed by atoms with E-state index in [9.17, 15) is 9.90 Å². The van der Waals surface area contributed by atoms with E-state index in [4.69, 9.17) is 4.74 Å². The van der Waals surface area contributed by atoms with Gasteiger partial charge in [-0.25, -0.2) is 0 Å². The van der Waals surface area contributed by atoms with Crippen LogP contribution in [0.25, 0.3) is 0 Å². The zero-order chi connectivity index (χ0) is 10.6. The van der Waals surface area contributed by atoms with Gasteiger partial charge in [0.15, 0.2) is 0 Å². The van der Waals surface area contributed by atoms with Crippen LogP contribution in [0.15, 0.2) is 24.3 Å². The lowest BCUT2D eigenvalue weighted by Crippen LogP contribution is -2.28. The van der Waals surface area contributed by atoms with E-state index in [0.717, 1.165) is 0 Å². The van der Waals surface area contributed by atoms with Crippen molar-refractivity contribution < 1.29 is 14.6 Å². The maximum absolute atomic E-state index is 10.1. The molecule has 76 valence electrons. The highest BCUT2D eigenvalue weighted by Gasteiger charge is 1.99. The van der Waals surface area contributed by atoms with E-state index >= 15 is 0 Å². The summed E-state index contributed by atoms with van der Waals surface area (Å²) >= 11 is 0. The molecule has 1 rings (SSSR count). The van der Waals surface area contributed by atoms with Gasteiger partial charge in [0.2, 0.25) is 0 Å². The van der Waals surface area contributed by atoms with Crippen molar-refractivity contribution in [3.63, 3.8) is 0 Å². The molecule has 0 radical (unpaired) electrons. The van der Waals surface area contributed by atoms with E-state index in [1.807, 2.05) is 12.1 Å². The monoisotopic (exact) mass is 193 g/mol. The third-order valence-corrected chi connectivity index (χ3v) is 1.90. The molecule has 3 nitrogen and oxygen atoms in total. The molecule has 0 amide bonds. The fourth-order valence-electron chi connectivity index (χ4n) is 1.09. The number of hydrogen-bond acceptors (Lipinski definition) is 3. The van der Waals surface area contributed by atoms with E-state index in [1.54, 1.807) is 12.1 Å². The van der Waals surface area contributed by atoms with Crippen molar-refractivity contribution in [1.29, 1.82) is 0 Å². The van der Waals surface area contributed by atoms with Gasteiger partial charge in [0, 0.05) is 0 Å². The van der Waals surface area contributed by atoms with Crippen molar-refractivity contribution in [1.82, 2.24) is 0 Å². The Morgan fingerprint density at radius 2 is 1.93 bits per heavy atom. The van der Waals surface area contributed by atoms with Crippen LogP contribution in [0.5, 0.6) is 5.75 Å². The number of benzene rings is 1. The maximum Gasteiger partial charge on any atom is 0.128 e. The molecule has 0 unspecified atom stereocenters. The molecule has 0 saturated heterocycles. The van der Waals surface area contributed by atoms with Crippen molar-refractivity contribution >= 4 is 5.97 Å². The summed E-state index contributed by atoms with van der Waals surface area (Å²) in [6, 6.07) is 7.38. The Morgan fingerprint density at radius 3 is 2.36 bits per heavy atom. The molecule has 0 aliphatic heterocycles. The van der Waals surface area contributed by atoms with Crippen molar-refractivity contribution in [2.75, 3.05) is 6.61 Å². The highest BCUT2D eigenvalue weighted by Crippen LogP contribution is 2.18. The Hall–Kier alpha value is -1.51. The van der Waals surface area contributed by atoms with Crippen molar-refractivity contribution in [3.8, 4) is 5.75 Å². The predicted molar refractivity (Wildman–Crippen MR) is 51.0 cm³/mol. The first-order valence-electron chi connectivity index (χ1n) is 4.52. The van der Waals surface area contributed by atoms with Gasteiger partial charge in [-0.05, 0) is 23.6 Å². The molecule has 0 heterocycles. The Balaban J connectivity index is 2.59. The number of carbonyl (C=O) groups excluding carboxylic acids is 1. The van der Waals surface area contributed by atoms with Gasteiger partial charge in [-0.2, -0.15) is 0 Å². The SMILES string of the molecule is CC(C)c1ccc(OCC(=O)[O-])cc1. The number of hydrogen-bond donors (Lipinski definition) is 0. The van der Waals surface area contributed by atoms with Crippen LogP contribution in [0.2, 0.25) is 0 Å². The molecule has 1 aromatic rings. The van der Waals surface area contributed by atoms with Crippen LogP contribution < -0.4 is 9.84 Å². The topological polar surface area (TPSA) is 49.4 Å². The molecule has 0 N–H and O–H groups in total. The molecular weight excluding hydrogens is 180 g/mol. The second kappa shape index (κ2) is 4.65. The van der Waals surface area contributed by atoms with Crippen LogP contribution in [-0.4, -0.2) is 12.6 Å². The second-order valence-electron chi connectivity index (χ2n) is 3.38. The van der Waals surface area contributed by atoms with Gasteiger partial charge in [-0.3, -0.25) is 0 Å². The largest absolute Gasteiger partial charge is 0.546 e. The van der Waals surface area contributed by atoms with Crippen LogP contribution >= 0.6 is 0 Å². The van der Waals surface area contributed by atoms with Crippen molar-refractivity contribution in [3.05, 3.63) is 29.8 Å². The Morgan fingerprint density at radius 1 is 1.36 bits per heavy atom. The zero-order valence-corrected chi connectivity index (χ0v) is 8.32. The summed E-state index contributed by atoms with van der Waals surface area (Å²) in [5.41, 5.74) is 1.20. The normalized spacial score (nSPS) is 10.2. The lowest BCUT2D eigenvalue weighted by atomic mass is 10.0. The summed E-state index contributed by atoms with van der Waals surface area (Å²) in [4.78, 5) is 10.1. The van der Waals surface area contributed by atoms with Crippen LogP contribution in [-0.2, 0) is 4.79 Å². The first-order chi connectivity index (χ1) is 6.59. The molecule has 0 saturated carbocycles. The van der Waals surface area contributed by atoms with Gasteiger partial charge in [-0.1, -0.05) is 26.0 Å². The number of aliphatic carboxylic acids is 1. The average molecular weight is 193 g/mol. The van der Waals surface area contributed by atoms with Gasteiger partial charge < -0.3 is 14.6 Å². The Kier molecular flexibility index (Phi) is 3.51. The number of ether oxygens (including phenoxy) is 1. The lowest BCUT2D eigenvalue weighted by molar-refractivity contribution is -0.307. The van der Waals surface area contributed by atoms with Gasteiger partial charge >= 0.3 is 0 Å². The van der Waals surface area contributed by atoms with Crippen LogP contribution in [0.1, 0.15) is 25.3 Å². The van der Waals surface area contributed by atoms with Gasteiger partial charge in [0.1, 0.15) is 12.4 Å². The molecule has 0 aliphatic carbocycles. The minimum absolute atomic E-state index is 0.402. The molecular formula is C11H13O3-. The number of carboxylic acids is 1. The van der Waals surface area contributed by atoms with Crippen LogP contribution in [0.4, 0.5) is 0 Å². The van der Waals surface area contributed by atoms with E-state index < -0.39 is 12.6 Å². The minimum Gasteiger partial charge on any atom is -0.546 e. The summed E-state index contributed by atoms with van der Waals surface area (Å²) in [5, 5.41) is 10.1. The molecule has 0 aliphatic rings. The van der Waals surface area contributed by atoms with Gasteiger partial charge in [-0.15, -0.1) is 0 Å². The second-order valence-corrected chi connectivity index (χ2v) is 3.38. The molecule has 0 atom stereocenters. The Bertz CT molecular complexity index is 301. The molecule has 14 heavy (non-hydrogen) atoms. The predicted octanol–water partition coefficient (Wildman–Crippen LogP) is 0.939. The number of carboxylic acid groups (broad SMARTS) is 1. The van der Waals surface area contributed by atoms with Crippen LogP contribution in [0, 0.1) is 0 Å². The highest BCUT2D eigenvalue weighted by molar-refractivity contribution is 5.66. The van der Waals surface area contributed by atoms with Crippen molar-refractivity contribution in [2.24, 2.45) is 0 Å². The molecule has 3 heteroatoms. The zero-order valence-electron chi connectivity index (χ0n) is 8.32. The maximum atomic E-state index is 10.1. The first kappa shape index (κ1) is 10.6. The summed E-state index contributed by atoms with van der Waals surface area (Å²) in [6.07, 6.45) is 0. The highest BCUT2D eigenvalue weighted by atomic mass is 16.5. The first-order valence-corrected chi connectivity index (χ1v) is 4.52. The van der Waals surface area contributed by atoms with E-state index in [1.165, 1.54) is 5.56 Å². The standard InChI is InChI=1S/C11H14O3/c1-8(2)9-3-5-10(6-4-9)14-7-11(12)13/h3-6,8H,7H2,1-2H3,(H,12,13)/p-1. The van der Waals surface area contributed by atoms with Gasteiger partial charge in [0.25, 0.3) is 0 Å². The van der Waals surface area contributed by atoms with Crippen molar-refractivity contribution in [2.45, 2.75) is 19.8 Å². The third-order valence-electron chi connectivity index (χ3n) is 1.90. The average Bonchev–Trinajstić information content (AvgIpc) is 2.15. The van der Waals surface area contributed by atoms with E-state index in [0.29, 0.717) is 11.7 Å². The van der Waals surface area contributed by atoms with E-state index in [-0.39, 0.29) is 0 Å². The Labute approximate surface area is 83.3 Å². The summed E-state index contributed by atoms with van der Waals surface area (Å²) in [5.74, 6) is -0.193. The third kappa shape index (κ3) is 3.09. The minimum atomic E-state index is -1.21. The summed E-state index contributed by atoms with van der Waals surface area (Å²) in [7, 11) is 0.